The molecule has 0 rings (SSSR count). The standard InChI is InChI=1S/C12H25NO.C4H7NO6S.C2H7NO.2Na.2H/c1-2-3-4-5-6-7-8-9-10-11-12(13)14;5-3(6)1-2(4(7)8)12(9,10)11;3-1-2-4;;;;/h2-11H2,1H3,(H2,13,14);2H,1H2,(H2,5,6)(H,7,8)(H,9,10,11);4H,1-3H2;;;;. The summed E-state index contributed by atoms with van der Waals surface area (Å²) in [5, 5.41) is 13.8. The van der Waals surface area contributed by atoms with E-state index in [0.717, 1.165) is 12.8 Å². The Balaban J connectivity index is -0.000000124. The van der Waals surface area contributed by atoms with E-state index < -0.39 is 33.7 Å². The summed E-state index contributed by atoms with van der Waals surface area (Å²) >= 11 is 0. The molecule has 0 aromatic heterocycles. The number of hydrogen-bond donors (Lipinski definition) is 6. The maximum atomic E-state index is 10.4. The number of amides is 2. The molecule has 0 aromatic rings. The quantitative estimate of drug-likeness (QED) is 0.0932. The van der Waals surface area contributed by atoms with Gasteiger partial charge in [0.2, 0.25) is 11.8 Å². The topological polar surface area (TPSA) is 224 Å². The van der Waals surface area contributed by atoms with E-state index in [1.807, 2.05) is 0 Å². The number of rotatable bonds is 15. The molecule has 0 aliphatic heterocycles. The first-order valence-electron chi connectivity index (χ1n) is 10.0. The minimum atomic E-state index is -4.76. The van der Waals surface area contributed by atoms with Crippen LogP contribution in [0.5, 0.6) is 0 Å². The molecule has 0 spiro atoms. The van der Waals surface area contributed by atoms with Crippen molar-refractivity contribution < 1.29 is 37.6 Å². The predicted molar refractivity (Wildman–Crippen MR) is 128 cm³/mol. The van der Waals surface area contributed by atoms with Gasteiger partial charge in [-0.2, -0.15) is 8.42 Å². The van der Waals surface area contributed by atoms with E-state index in [0.29, 0.717) is 13.0 Å². The van der Waals surface area contributed by atoms with Crippen molar-refractivity contribution in [2.75, 3.05) is 13.2 Å². The van der Waals surface area contributed by atoms with Crippen LogP contribution in [0.15, 0.2) is 0 Å². The minimum absolute atomic E-state index is 0. The van der Waals surface area contributed by atoms with Crippen molar-refractivity contribution in [1.29, 1.82) is 0 Å². The second-order valence-corrected chi connectivity index (χ2v) is 8.17. The van der Waals surface area contributed by atoms with Gasteiger partial charge < -0.3 is 27.4 Å². The van der Waals surface area contributed by atoms with Crippen LogP contribution in [0.25, 0.3) is 0 Å². The number of carbonyl (C=O) groups excluding carboxylic acids is 2. The molecule has 9 N–H and O–H groups in total. The number of unbranched alkanes of at least 4 members (excludes halogenated alkanes) is 8. The van der Waals surface area contributed by atoms with E-state index in [9.17, 15) is 22.8 Å². The van der Waals surface area contributed by atoms with Gasteiger partial charge in [-0.25, -0.2) is 0 Å². The third-order valence-corrected chi connectivity index (χ3v) is 4.76. The fraction of sp³-hybridized carbons (Fsp3) is 0.833. The van der Waals surface area contributed by atoms with Gasteiger partial charge in [-0.05, 0) is 6.42 Å². The predicted octanol–water partition coefficient (Wildman–Crippen LogP) is -0.764. The van der Waals surface area contributed by atoms with Crippen LogP contribution in [0.2, 0.25) is 0 Å². The van der Waals surface area contributed by atoms with Crippen LogP contribution < -0.4 is 17.2 Å². The fourth-order valence-electron chi connectivity index (χ4n) is 2.11. The Bertz CT molecular complexity index is 564. The second-order valence-electron chi connectivity index (χ2n) is 6.57. The van der Waals surface area contributed by atoms with Gasteiger partial charge in [0.15, 0.2) is 5.25 Å². The van der Waals surface area contributed by atoms with E-state index in [4.69, 9.17) is 26.2 Å². The van der Waals surface area contributed by atoms with E-state index in [-0.39, 0.29) is 71.6 Å². The Hall–Kier alpha value is 0.240. The van der Waals surface area contributed by atoms with Crippen molar-refractivity contribution in [3.8, 4) is 0 Å². The van der Waals surface area contributed by atoms with Crippen molar-refractivity contribution in [2.24, 2.45) is 17.2 Å². The zero-order valence-corrected chi connectivity index (χ0v) is 18.6. The number of nitrogens with two attached hydrogens (primary N) is 3. The number of carboxylic acid groups (broad SMARTS) is 1. The SMILES string of the molecule is CCCCCCCCCCCC(N)=O.NC(=O)CC(C(=O)O)S(=O)(=O)O.NCCO.[NaH].[NaH]. The fourth-order valence-corrected chi connectivity index (χ4v) is 2.74. The van der Waals surface area contributed by atoms with E-state index in [1.54, 1.807) is 0 Å². The third kappa shape index (κ3) is 37.5. The molecule has 0 bridgehead atoms. The summed E-state index contributed by atoms with van der Waals surface area (Å²) in [5.41, 5.74) is 14.4. The Labute approximate surface area is 236 Å². The first-order chi connectivity index (χ1) is 13.9. The molecule has 1 unspecified atom stereocenters. The summed E-state index contributed by atoms with van der Waals surface area (Å²) in [7, 11) is -4.76. The summed E-state index contributed by atoms with van der Waals surface area (Å²) in [6, 6.07) is 0. The maximum absolute atomic E-state index is 10.4. The molecule has 0 aromatic carbocycles. The second kappa shape index (κ2) is 29.3. The van der Waals surface area contributed by atoms with Crippen molar-refractivity contribution >= 4 is 87.0 Å². The number of aliphatic hydroxyl groups is 1. The Morgan fingerprint density at radius 3 is 1.44 bits per heavy atom. The molecule has 14 heteroatoms. The molecular formula is C18H41N3Na2O8S. The summed E-state index contributed by atoms with van der Waals surface area (Å²) in [5.74, 6) is -3.08. The van der Waals surface area contributed by atoms with Crippen LogP contribution in [-0.4, -0.2) is 118 Å². The summed E-state index contributed by atoms with van der Waals surface area (Å²) < 4.78 is 28.8. The molecule has 0 radical (unpaired) electrons. The van der Waals surface area contributed by atoms with Crippen molar-refractivity contribution in [1.82, 2.24) is 0 Å². The molecule has 32 heavy (non-hydrogen) atoms. The van der Waals surface area contributed by atoms with Crippen LogP contribution in [0, 0.1) is 0 Å². The van der Waals surface area contributed by atoms with Gasteiger partial charge in [0.25, 0.3) is 10.1 Å². The Morgan fingerprint density at radius 1 is 0.844 bits per heavy atom. The monoisotopic (exact) mass is 505 g/mol. The van der Waals surface area contributed by atoms with E-state index >= 15 is 0 Å². The Kier molecular flexibility index (Phi) is 38.8. The van der Waals surface area contributed by atoms with Crippen LogP contribution >= 0.6 is 0 Å². The van der Waals surface area contributed by atoms with Crippen molar-refractivity contribution in [3.63, 3.8) is 0 Å². The molecular weight excluding hydrogens is 464 g/mol. The average molecular weight is 506 g/mol. The number of carbonyl (C=O) groups is 3. The zero-order chi connectivity index (χ0) is 24.0. The molecule has 0 heterocycles. The average Bonchev–Trinajstić information content (AvgIpc) is 2.64. The van der Waals surface area contributed by atoms with Gasteiger partial charge in [-0.1, -0.05) is 58.3 Å². The molecule has 0 saturated heterocycles. The first-order valence-corrected chi connectivity index (χ1v) is 11.5. The summed E-state index contributed by atoms with van der Waals surface area (Å²) in [6.07, 6.45) is 11.2. The van der Waals surface area contributed by atoms with Gasteiger partial charge >= 0.3 is 65.1 Å². The molecule has 0 fully saturated rings. The molecule has 0 aliphatic rings. The third-order valence-electron chi connectivity index (χ3n) is 3.68. The molecule has 0 aliphatic carbocycles. The number of aliphatic hydroxyl groups excluding tert-OH is 1. The molecule has 2 amide bonds. The number of aliphatic carboxylic acids is 1. The van der Waals surface area contributed by atoms with Crippen molar-refractivity contribution in [3.05, 3.63) is 0 Å². The van der Waals surface area contributed by atoms with Crippen LogP contribution in [0.3, 0.4) is 0 Å². The molecule has 184 valence electrons. The summed E-state index contributed by atoms with van der Waals surface area (Å²) in [4.78, 5) is 30.7. The van der Waals surface area contributed by atoms with Gasteiger partial charge in [0.1, 0.15) is 0 Å². The van der Waals surface area contributed by atoms with Gasteiger partial charge in [0.05, 0.1) is 13.0 Å². The van der Waals surface area contributed by atoms with Crippen LogP contribution in [-0.2, 0) is 24.5 Å². The number of primary amides is 2. The van der Waals surface area contributed by atoms with Gasteiger partial charge in [-0.3, -0.25) is 18.9 Å². The van der Waals surface area contributed by atoms with Gasteiger partial charge in [0, 0.05) is 13.0 Å². The molecule has 0 saturated carbocycles. The Morgan fingerprint density at radius 2 is 1.22 bits per heavy atom. The molecule has 1 atom stereocenters. The first kappa shape index (κ1) is 42.4. The zero-order valence-electron chi connectivity index (χ0n) is 17.8. The number of carboxylic acids is 1. The van der Waals surface area contributed by atoms with Crippen molar-refractivity contribution in [2.45, 2.75) is 82.8 Å². The summed E-state index contributed by atoms with van der Waals surface area (Å²) in [6.45, 7) is 2.71. The van der Waals surface area contributed by atoms with Crippen LogP contribution in [0.1, 0.15) is 77.6 Å². The molecule has 11 nitrogen and oxygen atoms in total. The normalized spacial score (nSPS) is 10.6. The van der Waals surface area contributed by atoms with E-state index in [2.05, 4.69) is 12.7 Å². The van der Waals surface area contributed by atoms with Crippen LogP contribution in [0.4, 0.5) is 0 Å². The van der Waals surface area contributed by atoms with E-state index in [1.165, 1.54) is 44.9 Å². The van der Waals surface area contributed by atoms with Gasteiger partial charge in [-0.15, -0.1) is 0 Å². The number of hydrogen-bond acceptors (Lipinski definition) is 7.